The third-order valence-corrected chi connectivity index (χ3v) is 2.42. The van der Waals surface area contributed by atoms with Gasteiger partial charge in [-0.1, -0.05) is 6.07 Å². The molecule has 0 heterocycles. The zero-order valence-corrected chi connectivity index (χ0v) is 8.85. The van der Waals surface area contributed by atoms with Gasteiger partial charge in [0.15, 0.2) is 0 Å². The molecule has 0 fully saturated rings. The molecule has 0 aliphatic rings. The van der Waals surface area contributed by atoms with Crippen LogP contribution in [-0.2, 0) is 4.79 Å². The molecule has 2 unspecified atom stereocenters. The highest BCUT2D eigenvalue weighted by Crippen LogP contribution is 2.29. The van der Waals surface area contributed by atoms with Gasteiger partial charge in [-0.05, 0) is 24.6 Å². The number of carboxylic acids is 1. The fourth-order valence-electron chi connectivity index (χ4n) is 1.46. The van der Waals surface area contributed by atoms with Gasteiger partial charge < -0.3 is 15.9 Å². The van der Waals surface area contributed by atoms with E-state index in [0.29, 0.717) is 5.56 Å². The maximum absolute atomic E-state index is 13.1. The lowest BCUT2D eigenvalue weighted by atomic mass is 9.95. The Morgan fingerprint density at radius 2 is 2.19 bits per heavy atom. The van der Waals surface area contributed by atoms with Crippen molar-refractivity contribution in [2.75, 3.05) is 6.54 Å². The fraction of sp³-hybridized carbons (Fsp3) is 0.364. The lowest BCUT2D eigenvalue weighted by Gasteiger charge is -2.14. The first-order valence-electron chi connectivity index (χ1n) is 4.87. The quantitative estimate of drug-likeness (QED) is 0.728. The lowest BCUT2D eigenvalue weighted by Crippen LogP contribution is -2.21. The minimum atomic E-state index is -1.22. The van der Waals surface area contributed by atoms with Crippen LogP contribution in [-0.4, -0.2) is 22.7 Å². The van der Waals surface area contributed by atoms with E-state index in [1.54, 1.807) is 0 Å². The molecule has 88 valence electrons. The van der Waals surface area contributed by atoms with Gasteiger partial charge in [0.05, 0.1) is 5.92 Å². The molecule has 5 heteroatoms. The smallest absolute Gasteiger partial charge is 0.312 e. The molecule has 0 saturated heterocycles. The van der Waals surface area contributed by atoms with E-state index >= 15 is 0 Å². The third kappa shape index (κ3) is 2.49. The molecule has 1 aromatic rings. The van der Waals surface area contributed by atoms with Gasteiger partial charge in [0.1, 0.15) is 11.9 Å². The Bertz CT molecular complexity index is 393. The number of carboxylic acid groups (broad SMARTS) is 1. The number of benzene rings is 1. The molecule has 0 spiro atoms. The maximum Gasteiger partial charge on any atom is 0.312 e. The molecule has 0 aliphatic heterocycles. The van der Waals surface area contributed by atoms with E-state index in [1.165, 1.54) is 25.1 Å². The molecule has 0 radical (unpaired) electrons. The summed E-state index contributed by atoms with van der Waals surface area (Å²) in [5, 5.41) is 18.4. The fourth-order valence-corrected chi connectivity index (χ4v) is 1.46. The first-order chi connectivity index (χ1) is 7.47. The van der Waals surface area contributed by atoms with Crippen LogP contribution in [0, 0.1) is 0 Å². The summed E-state index contributed by atoms with van der Waals surface area (Å²) in [7, 11) is 0. The Hall–Kier alpha value is -1.62. The molecule has 0 aromatic heterocycles. The van der Waals surface area contributed by atoms with Crippen molar-refractivity contribution in [3.63, 3.8) is 0 Å². The minimum absolute atomic E-state index is 0.146. The molecule has 0 amide bonds. The van der Waals surface area contributed by atoms with Crippen LogP contribution in [0.15, 0.2) is 18.2 Å². The average Bonchev–Trinajstić information content (AvgIpc) is 2.20. The second-order valence-electron chi connectivity index (χ2n) is 3.56. The van der Waals surface area contributed by atoms with E-state index in [9.17, 15) is 14.3 Å². The molecule has 2 atom stereocenters. The predicted octanol–water partition coefficient (Wildman–Crippen LogP) is 1.55. The Morgan fingerprint density at radius 3 is 2.62 bits per heavy atom. The predicted molar refractivity (Wildman–Crippen MR) is 57.1 cm³/mol. The van der Waals surface area contributed by atoms with E-state index in [0.717, 1.165) is 0 Å². The molecule has 16 heavy (non-hydrogen) atoms. The largest absolute Gasteiger partial charge is 0.508 e. The summed E-state index contributed by atoms with van der Waals surface area (Å²) in [5.74, 6) is -2.33. The third-order valence-electron chi connectivity index (χ3n) is 2.42. The number of nitrogens with two attached hydrogens (primary N) is 1. The molecule has 0 aliphatic carbocycles. The highest BCUT2D eigenvalue weighted by atomic mass is 19.1. The normalized spacial score (nSPS) is 14.4. The number of halogens is 1. The SMILES string of the molecule is CC(F)c1ccc(O)c(C(CN)C(=O)O)c1. The molecule has 4 N–H and O–H groups in total. The number of carbonyl (C=O) groups is 1. The number of phenolic OH excluding ortho intramolecular Hbond substituents is 1. The van der Waals surface area contributed by atoms with Gasteiger partial charge in [-0.2, -0.15) is 0 Å². The van der Waals surface area contributed by atoms with Gasteiger partial charge in [0.2, 0.25) is 0 Å². The summed E-state index contributed by atoms with van der Waals surface area (Å²) in [5.41, 5.74) is 5.79. The van der Waals surface area contributed by atoms with Crippen LogP contribution in [0.2, 0.25) is 0 Å². The maximum atomic E-state index is 13.1. The van der Waals surface area contributed by atoms with Crippen molar-refractivity contribution in [2.24, 2.45) is 5.73 Å². The van der Waals surface area contributed by atoms with Crippen LogP contribution >= 0.6 is 0 Å². The van der Waals surface area contributed by atoms with Gasteiger partial charge in [-0.3, -0.25) is 4.79 Å². The average molecular weight is 227 g/mol. The summed E-state index contributed by atoms with van der Waals surface area (Å²) in [6.45, 7) is 1.20. The van der Waals surface area contributed by atoms with E-state index in [4.69, 9.17) is 10.8 Å². The molecule has 1 rings (SSSR count). The van der Waals surface area contributed by atoms with Crippen molar-refractivity contribution >= 4 is 5.97 Å². The van der Waals surface area contributed by atoms with Gasteiger partial charge >= 0.3 is 5.97 Å². The second-order valence-corrected chi connectivity index (χ2v) is 3.56. The zero-order valence-electron chi connectivity index (χ0n) is 8.85. The van der Waals surface area contributed by atoms with Crippen molar-refractivity contribution in [3.8, 4) is 5.75 Å². The Morgan fingerprint density at radius 1 is 1.56 bits per heavy atom. The Balaban J connectivity index is 3.19. The Labute approximate surface area is 92.5 Å². The molecule has 4 nitrogen and oxygen atoms in total. The van der Waals surface area contributed by atoms with Crippen molar-refractivity contribution in [1.82, 2.24) is 0 Å². The number of alkyl halides is 1. The molecular weight excluding hydrogens is 213 g/mol. The zero-order chi connectivity index (χ0) is 12.3. The number of hydrogen-bond donors (Lipinski definition) is 3. The van der Waals surface area contributed by atoms with E-state index in [2.05, 4.69) is 0 Å². The first-order valence-corrected chi connectivity index (χ1v) is 4.87. The summed E-state index contributed by atoms with van der Waals surface area (Å²) in [6.07, 6.45) is -1.22. The van der Waals surface area contributed by atoms with E-state index in [1.807, 2.05) is 0 Å². The van der Waals surface area contributed by atoms with Crippen LogP contribution in [0.1, 0.15) is 30.1 Å². The van der Waals surface area contributed by atoms with Crippen LogP contribution in [0.3, 0.4) is 0 Å². The van der Waals surface area contributed by atoms with Crippen LogP contribution < -0.4 is 5.73 Å². The van der Waals surface area contributed by atoms with Crippen molar-refractivity contribution in [1.29, 1.82) is 0 Å². The molecular formula is C11H14FNO3. The van der Waals surface area contributed by atoms with Crippen LogP contribution in [0.5, 0.6) is 5.75 Å². The molecule has 0 bridgehead atoms. The van der Waals surface area contributed by atoms with E-state index in [-0.39, 0.29) is 17.9 Å². The Kier molecular flexibility index (Phi) is 3.84. The van der Waals surface area contributed by atoms with Gasteiger partial charge in [0.25, 0.3) is 0 Å². The van der Waals surface area contributed by atoms with Crippen LogP contribution in [0.4, 0.5) is 4.39 Å². The standard InChI is InChI=1S/C11H14FNO3/c1-6(12)7-2-3-10(14)8(4-7)9(5-13)11(15)16/h2-4,6,9,14H,5,13H2,1H3,(H,15,16). The van der Waals surface area contributed by atoms with Gasteiger partial charge in [-0.25, -0.2) is 4.39 Å². The van der Waals surface area contributed by atoms with Crippen molar-refractivity contribution < 1.29 is 19.4 Å². The summed E-state index contributed by atoms with van der Waals surface area (Å²) in [4.78, 5) is 10.9. The number of hydrogen-bond acceptors (Lipinski definition) is 3. The monoisotopic (exact) mass is 227 g/mol. The topological polar surface area (TPSA) is 83.5 Å². The molecule has 1 aromatic carbocycles. The number of phenols is 1. The summed E-state index contributed by atoms with van der Waals surface area (Å²) in [6, 6.07) is 4.04. The summed E-state index contributed by atoms with van der Waals surface area (Å²) >= 11 is 0. The van der Waals surface area contributed by atoms with E-state index < -0.39 is 18.1 Å². The highest BCUT2D eigenvalue weighted by molar-refractivity contribution is 5.77. The summed E-state index contributed by atoms with van der Waals surface area (Å²) < 4.78 is 13.1. The first kappa shape index (κ1) is 12.4. The highest BCUT2D eigenvalue weighted by Gasteiger charge is 2.22. The lowest BCUT2D eigenvalue weighted by molar-refractivity contribution is -0.138. The number of aromatic hydroxyl groups is 1. The van der Waals surface area contributed by atoms with Gasteiger partial charge in [0, 0.05) is 12.1 Å². The van der Waals surface area contributed by atoms with Gasteiger partial charge in [-0.15, -0.1) is 0 Å². The number of aliphatic carboxylic acids is 1. The van der Waals surface area contributed by atoms with Crippen LogP contribution in [0.25, 0.3) is 0 Å². The second kappa shape index (κ2) is 4.94. The minimum Gasteiger partial charge on any atom is -0.508 e. The number of rotatable bonds is 4. The van der Waals surface area contributed by atoms with Crippen molar-refractivity contribution in [3.05, 3.63) is 29.3 Å². The molecule has 0 saturated carbocycles. The van der Waals surface area contributed by atoms with Crippen molar-refractivity contribution in [2.45, 2.75) is 19.0 Å².